The number of rotatable bonds is 7. The Morgan fingerprint density at radius 2 is 2.06 bits per heavy atom. The molecule has 1 aromatic heterocycles. The molecule has 0 aliphatic heterocycles. The second-order valence-corrected chi connectivity index (χ2v) is 4.20. The van der Waals surface area contributed by atoms with E-state index in [0.717, 1.165) is 24.3 Å². The number of hydrogen-bond acceptors (Lipinski definition) is 2. The summed E-state index contributed by atoms with van der Waals surface area (Å²) < 4.78 is 5.58. The van der Waals surface area contributed by atoms with Crippen molar-refractivity contribution in [1.82, 2.24) is 4.98 Å². The van der Waals surface area contributed by atoms with Crippen LogP contribution in [0.5, 0.6) is 5.88 Å². The highest BCUT2D eigenvalue weighted by Crippen LogP contribution is 2.14. The first-order valence-electron chi connectivity index (χ1n) is 5.93. The van der Waals surface area contributed by atoms with E-state index in [4.69, 9.17) is 16.3 Å². The summed E-state index contributed by atoms with van der Waals surface area (Å²) in [5.41, 5.74) is 2.03. The molecule has 16 heavy (non-hydrogen) atoms. The average Bonchev–Trinajstić information content (AvgIpc) is 2.29. The zero-order valence-corrected chi connectivity index (χ0v) is 10.9. The van der Waals surface area contributed by atoms with Crippen LogP contribution in [0.4, 0.5) is 0 Å². The molecule has 1 aromatic rings. The monoisotopic (exact) mass is 241 g/mol. The first kappa shape index (κ1) is 13.3. The van der Waals surface area contributed by atoms with Gasteiger partial charge in [0.05, 0.1) is 6.61 Å². The normalized spacial score (nSPS) is 10.4. The number of alkyl halides is 1. The Bertz CT molecular complexity index is 315. The fourth-order valence-corrected chi connectivity index (χ4v) is 1.78. The molecule has 0 saturated carbocycles. The van der Waals surface area contributed by atoms with E-state index in [2.05, 4.69) is 11.9 Å². The SMILES string of the molecule is CCCCCCOc1ccc(CCl)c(C)n1. The van der Waals surface area contributed by atoms with Crippen LogP contribution in [0.2, 0.25) is 0 Å². The van der Waals surface area contributed by atoms with Gasteiger partial charge in [-0.3, -0.25) is 0 Å². The molecule has 90 valence electrons. The molecule has 0 unspecified atom stereocenters. The van der Waals surface area contributed by atoms with Crippen molar-refractivity contribution in [2.45, 2.75) is 45.4 Å². The summed E-state index contributed by atoms with van der Waals surface area (Å²) in [6, 6.07) is 3.88. The van der Waals surface area contributed by atoms with Crippen LogP contribution in [-0.2, 0) is 5.88 Å². The number of nitrogens with zero attached hydrogens (tertiary/aromatic N) is 1. The van der Waals surface area contributed by atoms with Crippen molar-refractivity contribution >= 4 is 11.6 Å². The quantitative estimate of drug-likeness (QED) is 0.530. The van der Waals surface area contributed by atoms with Gasteiger partial charge in [-0.05, 0) is 18.9 Å². The molecule has 3 heteroatoms. The predicted octanol–water partition coefficient (Wildman–Crippen LogP) is 4.09. The minimum Gasteiger partial charge on any atom is -0.478 e. The van der Waals surface area contributed by atoms with E-state index in [-0.39, 0.29) is 0 Å². The van der Waals surface area contributed by atoms with E-state index in [0.29, 0.717) is 11.8 Å². The molecule has 0 N–H and O–H groups in total. The molecular weight excluding hydrogens is 222 g/mol. The fraction of sp³-hybridized carbons (Fsp3) is 0.615. The van der Waals surface area contributed by atoms with E-state index in [1.165, 1.54) is 19.3 Å². The number of unbranched alkanes of at least 4 members (excludes halogenated alkanes) is 3. The van der Waals surface area contributed by atoms with Crippen LogP contribution in [0.3, 0.4) is 0 Å². The predicted molar refractivity (Wildman–Crippen MR) is 68.2 cm³/mol. The Balaban J connectivity index is 2.34. The zero-order chi connectivity index (χ0) is 11.8. The van der Waals surface area contributed by atoms with Gasteiger partial charge in [-0.1, -0.05) is 32.3 Å². The molecule has 0 atom stereocenters. The molecule has 0 aliphatic rings. The summed E-state index contributed by atoms with van der Waals surface area (Å²) in [6.45, 7) is 4.92. The lowest BCUT2D eigenvalue weighted by molar-refractivity contribution is 0.293. The Labute approximate surface area is 103 Å². The van der Waals surface area contributed by atoms with Gasteiger partial charge < -0.3 is 4.74 Å². The van der Waals surface area contributed by atoms with Crippen LogP contribution in [-0.4, -0.2) is 11.6 Å². The lowest BCUT2D eigenvalue weighted by atomic mass is 10.2. The Hall–Kier alpha value is -0.760. The molecule has 0 spiro atoms. The molecule has 1 rings (SSSR count). The lowest BCUT2D eigenvalue weighted by Gasteiger charge is -2.07. The summed E-state index contributed by atoms with van der Waals surface area (Å²) in [6.07, 6.45) is 4.86. The van der Waals surface area contributed by atoms with Gasteiger partial charge in [0, 0.05) is 17.6 Å². The molecule has 0 saturated heterocycles. The van der Waals surface area contributed by atoms with Crippen LogP contribution >= 0.6 is 11.6 Å². The topological polar surface area (TPSA) is 22.1 Å². The molecule has 0 fully saturated rings. The summed E-state index contributed by atoms with van der Waals surface area (Å²) in [7, 11) is 0. The van der Waals surface area contributed by atoms with Crippen LogP contribution in [0.25, 0.3) is 0 Å². The smallest absolute Gasteiger partial charge is 0.213 e. The largest absolute Gasteiger partial charge is 0.478 e. The van der Waals surface area contributed by atoms with Crippen molar-refractivity contribution < 1.29 is 4.74 Å². The fourth-order valence-electron chi connectivity index (χ4n) is 1.49. The van der Waals surface area contributed by atoms with E-state index in [1.807, 2.05) is 19.1 Å². The zero-order valence-electron chi connectivity index (χ0n) is 10.1. The molecule has 2 nitrogen and oxygen atoms in total. The standard InChI is InChI=1S/C13H20ClNO/c1-3-4-5-6-9-16-13-8-7-12(10-14)11(2)15-13/h7-8H,3-6,9-10H2,1-2H3. The van der Waals surface area contributed by atoms with Crippen LogP contribution in [0.1, 0.15) is 43.9 Å². The summed E-state index contributed by atoms with van der Waals surface area (Å²) in [5, 5.41) is 0. The van der Waals surface area contributed by atoms with Gasteiger partial charge >= 0.3 is 0 Å². The maximum absolute atomic E-state index is 5.77. The Morgan fingerprint density at radius 1 is 1.25 bits per heavy atom. The number of ether oxygens (including phenoxy) is 1. The maximum Gasteiger partial charge on any atom is 0.213 e. The van der Waals surface area contributed by atoms with Crippen molar-refractivity contribution in [1.29, 1.82) is 0 Å². The van der Waals surface area contributed by atoms with Gasteiger partial charge in [-0.2, -0.15) is 0 Å². The molecule has 0 amide bonds. The van der Waals surface area contributed by atoms with Crippen LogP contribution in [0, 0.1) is 6.92 Å². The number of halogens is 1. The number of pyridine rings is 1. The third-order valence-electron chi connectivity index (χ3n) is 2.56. The van der Waals surface area contributed by atoms with Gasteiger partial charge in [-0.25, -0.2) is 4.98 Å². The summed E-state index contributed by atoms with van der Waals surface area (Å²) in [5.74, 6) is 1.22. The van der Waals surface area contributed by atoms with Crippen molar-refractivity contribution in [3.05, 3.63) is 23.4 Å². The molecular formula is C13H20ClNO. The van der Waals surface area contributed by atoms with E-state index < -0.39 is 0 Å². The van der Waals surface area contributed by atoms with E-state index >= 15 is 0 Å². The van der Waals surface area contributed by atoms with E-state index in [9.17, 15) is 0 Å². The summed E-state index contributed by atoms with van der Waals surface area (Å²) in [4.78, 5) is 4.36. The molecule has 0 aliphatic carbocycles. The number of aryl methyl sites for hydroxylation is 1. The van der Waals surface area contributed by atoms with Crippen molar-refractivity contribution in [3.8, 4) is 5.88 Å². The van der Waals surface area contributed by atoms with Gasteiger partial charge in [0.15, 0.2) is 0 Å². The highest BCUT2D eigenvalue weighted by Gasteiger charge is 2.01. The van der Waals surface area contributed by atoms with E-state index in [1.54, 1.807) is 0 Å². The third kappa shape index (κ3) is 4.40. The molecule has 1 heterocycles. The lowest BCUT2D eigenvalue weighted by Crippen LogP contribution is -2.00. The second-order valence-electron chi connectivity index (χ2n) is 3.94. The first-order chi connectivity index (χ1) is 7.77. The number of hydrogen-bond donors (Lipinski definition) is 0. The minimum atomic E-state index is 0.510. The molecule has 0 radical (unpaired) electrons. The highest BCUT2D eigenvalue weighted by atomic mass is 35.5. The highest BCUT2D eigenvalue weighted by molar-refractivity contribution is 6.17. The first-order valence-corrected chi connectivity index (χ1v) is 6.46. The van der Waals surface area contributed by atoms with Crippen LogP contribution in [0.15, 0.2) is 12.1 Å². The van der Waals surface area contributed by atoms with Gasteiger partial charge in [0.25, 0.3) is 0 Å². The second kappa shape index (κ2) is 7.50. The van der Waals surface area contributed by atoms with Gasteiger partial charge in [0.2, 0.25) is 5.88 Å². The van der Waals surface area contributed by atoms with Crippen molar-refractivity contribution in [2.75, 3.05) is 6.61 Å². The van der Waals surface area contributed by atoms with Gasteiger partial charge in [-0.15, -0.1) is 11.6 Å². The Kier molecular flexibility index (Phi) is 6.24. The average molecular weight is 242 g/mol. The minimum absolute atomic E-state index is 0.510. The Morgan fingerprint density at radius 3 is 2.69 bits per heavy atom. The number of aromatic nitrogens is 1. The molecule has 0 bridgehead atoms. The van der Waals surface area contributed by atoms with Crippen LogP contribution < -0.4 is 4.74 Å². The van der Waals surface area contributed by atoms with Gasteiger partial charge in [0.1, 0.15) is 0 Å². The third-order valence-corrected chi connectivity index (χ3v) is 2.85. The molecule has 0 aromatic carbocycles. The van der Waals surface area contributed by atoms with Crippen molar-refractivity contribution in [3.63, 3.8) is 0 Å². The van der Waals surface area contributed by atoms with Crippen molar-refractivity contribution in [2.24, 2.45) is 0 Å². The maximum atomic E-state index is 5.77. The summed E-state index contributed by atoms with van der Waals surface area (Å²) >= 11 is 5.77.